The van der Waals surface area contributed by atoms with Gasteiger partial charge in [0.2, 0.25) is 12.3 Å². The first kappa shape index (κ1) is 25.6. The molecule has 0 aromatic rings. The maximum absolute atomic E-state index is 13.5. The summed E-state index contributed by atoms with van der Waals surface area (Å²) in [7, 11) is 0. The quantitative estimate of drug-likeness (QED) is 0.504. The molecule has 1 aliphatic carbocycles. The number of amides is 2. The molecule has 31 heavy (non-hydrogen) atoms. The van der Waals surface area contributed by atoms with Crippen molar-refractivity contribution in [1.82, 2.24) is 10.2 Å². The first-order valence-corrected chi connectivity index (χ1v) is 11.7. The SMILES string of the molecule is CC(C)(C)NC(=O)C(N(C=O)C1OCCC[C@@H]1OC(=O)C(C)(C)C)C1(C)CCCCC1. The molecule has 0 aromatic heterocycles. The van der Waals surface area contributed by atoms with Crippen molar-refractivity contribution in [2.75, 3.05) is 6.61 Å². The number of carbonyl (C=O) groups is 3. The Bertz CT molecular complexity index is 643. The average molecular weight is 439 g/mol. The van der Waals surface area contributed by atoms with Crippen LogP contribution in [0, 0.1) is 10.8 Å². The molecule has 2 amide bonds. The van der Waals surface area contributed by atoms with Gasteiger partial charge in [-0.15, -0.1) is 0 Å². The molecule has 0 spiro atoms. The summed E-state index contributed by atoms with van der Waals surface area (Å²) in [4.78, 5) is 40.0. The van der Waals surface area contributed by atoms with Crippen molar-refractivity contribution in [3.63, 3.8) is 0 Å². The molecule has 2 rings (SSSR count). The van der Waals surface area contributed by atoms with E-state index in [2.05, 4.69) is 12.2 Å². The molecule has 1 heterocycles. The Labute approximate surface area is 187 Å². The summed E-state index contributed by atoms with van der Waals surface area (Å²) < 4.78 is 11.8. The monoisotopic (exact) mass is 438 g/mol. The van der Waals surface area contributed by atoms with Gasteiger partial charge in [-0.1, -0.05) is 26.2 Å². The van der Waals surface area contributed by atoms with Gasteiger partial charge >= 0.3 is 5.97 Å². The van der Waals surface area contributed by atoms with Gasteiger partial charge < -0.3 is 19.7 Å². The Kier molecular flexibility index (Phi) is 8.17. The molecule has 2 unspecified atom stereocenters. The topological polar surface area (TPSA) is 84.9 Å². The predicted octanol–water partition coefficient (Wildman–Crippen LogP) is 3.79. The van der Waals surface area contributed by atoms with E-state index in [4.69, 9.17) is 9.47 Å². The van der Waals surface area contributed by atoms with Crippen molar-refractivity contribution in [1.29, 1.82) is 0 Å². The third kappa shape index (κ3) is 6.67. The molecule has 1 saturated heterocycles. The lowest BCUT2D eigenvalue weighted by Crippen LogP contribution is -2.64. The third-order valence-electron chi connectivity index (χ3n) is 6.23. The van der Waals surface area contributed by atoms with Crippen molar-refractivity contribution in [3.05, 3.63) is 0 Å². The Balaban J connectivity index is 2.39. The lowest BCUT2D eigenvalue weighted by Gasteiger charge is -2.48. The van der Waals surface area contributed by atoms with Gasteiger partial charge in [-0.3, -0.25) is 14.4 Å². The second kappa shape index (κ2) is 9.88. The fourth-order valence-electron chi connectivity index (χ4n) is 4.60. The van der Waals surface area contributed by atoms with E-state index >= 15 is 0 Å². The lowest BCUT2D eigenvalue weighted by molar-refractivity contribution is -0.203. The van der Waals surface area contributed by atoms with Crippen molar-refractivity contribution in [3.8, 4) is 0 Å². The van der Waals surface area contributed by atoms with E-state index in [1.807, 2.05) is 20.8 Å². The highest BCUT2D eigenvalue weighted by Crippen LogP contribution is 2.42. The smallest absolute Gasteiger partial charge is 0.311 e. The zero-order chi connectivity index (χ0) is 23.4. The Morgan fingerprint density at radius 3 is 2.23 bits per heavy atom. The molecule has 1 aliphatic heterocycles. The van der Waals surface area contributed by atoms with Gasteiger partial charge in [-0.05, 0) is 72.6 Å². The highest BCUT2D eigenvalue weighted by Gasteiger charge is 2.49. The van der Waals surface area contributed by atoms with Crippen LogP contribution in [0.15, 0.2) is 0 Å². The van der Waals surface area contributed by atoms with Crippen LogP contribution in [-0.4, -0.2) is 53.7 Å². The highest BCUT2D eigenvalue weighted by atomic mass is 16.6. The minimum Gasteiger partial charge on any atom is -0.457 e. The number of hydrogen-bond acceptors (Lipinski definition) is 5. The van der Waals surface area contributed by atoms with E-state index in [0.717, 1.165) is 38.5 Å². The number of esters is 1. The fraction of sp³-hybridized carbons (Fsp3) is 0.875. The van der Waals surface area contributed by atoms with Crippen LogP contribution in [-0.2, 0) is 23.9 Å². The van der Waals surface area contributed by atoms with Crippen molar-refractivity contribution in [2.45, 2.75) is 117 Å². The van der Waals surface area contributed by atoms with E-state index in [-0.39, 0.29) is 17.3 Å². The largest absolute Gasteiger partial charge is 0.457 e. The summed E-state index contributed by atoms with van der Waals surface area (Å²) in [6, 6.07) is -0.691. The maximum Gasteiger partial charge on any atom is 0.311 e. The Morgan fingerprint density at radius 2 is 1.71 bits per heavy atom. The van der Waals surface area contributed by atoms with E-state index in [1.165, 1.54) is 4.90 Å². The highest BCUT2D eigenvalue weighted by molar-refractivity contribution is 5.85. The number of rotatable bonds is 6. The van der Waals surface area contributed by atoms with E-state index in [0.29, 0.717) is 19.4 Å². The second-order valence-corrected chi connectivity index (χ2v) is 11.5. The summed E-state index contributed by atoms with van der Waals surface area (Å²) in [5.74, 6) is -0.516. The lowest BCUT2D eigenvalue weighted by atomic mass is 9.69. The molecule has 7 nitrogen and oxygen atoms in total. The number of carbonyl (C=O) groups excluding carboxylic acids is 3. The molecule has 2 aliphatic rings. The third-order valence-corrected chi connectivity index (χ3v) is 6.23. The number of hydrogen-bond donors (Lipinski definition) is 1. The normalized spacial score (nSPS) is 25.3. The van der Waals surface area contributed by atoms with E-state index in [1.54, 1.807) is 20.8 Å². The summed E-state index contributed by atoms with van der Waals surface area (Å²) >= 11 is 0. The molecule has 7 heteroatoms. The zero-order valence-corrected chi connectivity index (χ0v) is 20.5. The maximum atomic E-state index is 13.5. The van der Waals surface area contributed by atoms with Crippen molar-refractivity contribution in [2.24, 2.45) is 10.8 Å². The first-order valence-electron chi connectivity index (χ1n) is 11.7. The molecular formula is C24H42N2O5. The number of nitrogens with one attached hydrogen (secondary N) is 1. The minimum absolute atomic E-state index is 0.181. The van der Waals surface area contributed by atoms with Gasteiger partial charge in [-0.25, -0.2) is 0 Å². The predicted molar refractivity (Wildman–Crippen MR) is 119 cm³/mol. The molecule has 178 valence electrons. The number of ether oxygens (including phenoxy) is 2. The van der Waals surface area contributed by atoms with Crippen LogP contribution in [0.4, 0.5) is 0 Å². The van der Waals surface area contributed by atoms with Gasteiger partial charge in [0, 0.05) is 12.1 Å². The van der Waals surface area contributed by atoms with Gasteiger partial charge in [-0.2, -0.15) is 0 Å². The molecular weight excluding hydrogens is 396 g/mol. The van der Waals surface area contributed by atoms with Crippen molar-refractivity contribution < 1.29 is 23.9 Å². The Morgan fingerprint density at radius 1 is 1.10 bits per heavy atom. The summed E-state index contributed by atoms with van der Waals surface area (Å²) in [5.41, 5.74) is -1.46. The van der Waals surface area contributed by atoms with Gasteiger partial charge in [0.05, 0.1) is 5.41 Å². The molecule has 0 radical (unpaired) electrons. The molecule has 3 atom stereocenters. The summed E-state index contributed by atoms with van der Waals surface area (Å²) in [6.07, 6.45) is 5.58. The van der Waals surface area contributed by atoms with Crippen LogP contribution in [0.3, 0.4) is 0 Å². The van der Waals surface area contributed by atoms with Crippen molar-refractivity contribution >= 4 is 18.3 Å². The first-order chi connectivity index (χ1) is 14.3. The standard InChI is InChI=1S/C24H42N2O5/c1-22(2,3)21(29)31-17-12-11-15-30-20(17)26(16-27)18(19(28)25-23(4,5)6)24(7)13-9-8-10-14-24/h16-18,20H,8-15H2,1-7H3,(H,25,28)/t17-,18?,20?/m0/s1. The van der Waals surface area contributed by atoms with Gasteiger partial charge in [0.15, 0.2) is 6.23 Å². The molecule has 1 saturated carbocycles. The van der Waals surface area contributed by atoms with Crippen LogP contribution < -0.4 is 5.32 Å². The number of nitrogens with zero attached hydrogens (tertiary/aromatic N) is 1. The zero-order valence-electron chi connectivity index (χ0n) is 20.5. The fourth-order valence-corrected chi connectivity index (χ4v) is 4.60. The van der Waals surface area contributed by atoms with Crippen LogP contribution in [0.5, 0.6) is 0 Å². The van der Waals surface area contributed by atoms with Gasteiger partial charge in [0.25, 0.3) is 0 Å². The van der Waals surface area contributed by atoms with Crippen LogP contribution in [0.2, 0.25) is 0 Å². The molecule has 0 aromatic carbocycles. The summed E-state index contributed by atoms with van der Waals surface area (Å²) in [6.45, 7) is 13.7. The molecule has 1 N–H and O–H groups in total. The van der Waals surface area contributed by atoms with E-state index in [9.17, 15) is 14.4 Å². The van der Waals surface area contributed by atoms with Crippen LogP contribution >= 0.6 is 0 Å². The molecule has 2 fully saturated rings. The van der Waals surface area contributed by atoms with Crippen LogP contribution in [0.1, 0.15) is 93.4 Å². The van der Waals surface area contributed by atoms with Gasteiger partial charge in [0.1, 0.15) is 12.1 Å². The second-order valence-electron chi connectivity index (χ2n) is 11.5. The molecule has 0 bridgehead atoms. The summed E-state index contributed by atoms with van der Waals surface area (Å²) in [5, 5.41) is 3.07. The average Bonchev–Trinajstić information content (AvgIpc) is 2.64. The van der Waals surface area contributed by atoms with E-state index < -0.39 is 29.3 Å². The minimum atomic E-state index is -0.771. The van der Waals surface area contributed by atoms with Crippen LogP contribution in [0.25, 0.3) is 0 Å². The Hall–Kier alpha value is -1.63.